The Balaban J connectivity index is 2.72. The van der Waals surface area contributed by atoms with Crippen LogP contribution in [0, 0.1) is 0 Å². The molecular formula is C13H21N3O3. The summed E-state index contributed by atoms with van der Waals surface area (Å²) < 4.78 is 10.0. The summed E-state index contributed by atoms with van der Waals surface area (Å²) in [7, 11) is 3.24. The lowest BCUT2D eigenvalue weighted by Crippen LogP contribution is -2.36. The maximum atomic E-state index is 12.4. The van der Waals surface area contributed by atoms with Gasteiger partial charge in [0.2, 0.25) is 0 Å². The molecule has 1 aromatic heterocycles. The van der Waals surface area contributed by atoms with Crippen molar-refractivity contribution in [2.75, 3.05) is 46.3 Å². The van der Waals surface area contributed by atoms with Crippen LogP contribution in [0.3, 0.4) is 0 Å². The number of anilines is 1. The van der Waals surface area contributed by atoms with Crippen molar-refractivity contribution < 1.29 is 14.3 Å². The second-order valence-electron chi connectivity index (χ2n) is 4.07. The maximum Gasteiger partial charge on any atom is 0.274 e. The average Bonchev–Trinajstić information content (AvgIpc) is 2.42. The topological polar surface area (TPSA) is 77.7 Å². The minimum Gasteiger partial charge on any atom is -0.397 e. The summed E-state index contributed by atoms with van der Waals surface area (Å²) in [5.74, 6) is -0.175. The minimum atomic E-state index is -0.175. The van der Waals surface area contributed by atoms with E-state index in [1.807, 2.05) is 0 Å². The largest absolute Gasteiger partial charge is 0.397 e. The SMILES string of the molecule is COCCCN(CCOC)C(=O)c1ncccc1N. The van der Waals surface area contributed by atoms with E-state index >= 15 is 0 Å². The van der Waals surface area contributed by atoms with Crippen LogP contribution in [0.25, 0.3) is 0 Å². The Morgan fingerprint density at radius 2 is 2.05 bits per heavy atom. The molecule has 0 aliphatic heterocycles. The standard InChI is InChI=1S/C13H21N3O3/c1-18-9-4-7-16(8-10-19-2)13(17)12-11(14)5-3-6-15-12/h3,5-6H,4,7-10,14H2,1-2H3. The van der Waals surface area contributed by atoms with Crippen molar-refractivity contribution >= 4 is 11.6 Å². The number of ether oxygens (including phenoxy) is 2. The number of rotatable bonds is 8. The monoisotopic (exact) mass is 267 g/mol. The summed E-state index contributed by atoms with van der Waals surface area (Å²) in [5.41, 5.74) is 6.46. The maximum absolute atomic E-state index is 12.4. The second-order valence-corrected chi connectivity index (χ2v) is 4.07. The molecule has 0 spiro atoms. The van der Waals surface area contributed by atoms with E-state index in [9.17, 15) is 4.79 Å². The highest BCUT2D eigenvalue weighted by Gasteiger charge is 2.18. The van der Waals surface area contributed by atoms with Gasteiger partial charge in [0, 0.05) is 40.1 Å². The number of nitrogens with two attached hydrogens (primary N) is 1. The van der Waals surface area contributed by atoms with E-state index < -0.39 is 0 Å². The Labute approximate surface area is 113 Å². The molecule has 0 atom stereocenters. The molecule has 6 heteroatoms. The summed E-state index contributed by atoms with van der Waals surface area (Å²) in [4.78, 5) is 18.1. The third kappa shape index (κ3) is 4.84. The molecule has 1 rings (SSSR count). The Kier molecular flexibility index (Phi) is 6.84. The van der Waals surface area contributed by atoms with Crippen LogP contribution in [0.5, 0.6) is 0 Å². The number of carbonyl (C=O) groups is 1. The number of nitrogen functional groups attached to an aromatic ring is 1. The molecular weight excluding hydrogens is 246 g/mol. The summed E-state index contributed by atoms with van der Waals surface area (Å²) in [5, 5.41) is 0. The van der Waals surface area contributed by atoms with Crippen LogP contribution in [-0.2, 0) is 9.47 Å². The smallest absolute Gasteiger partial charge is 0.274 e. The quantitative estimate of drug-likeness (QED) is 0.705. The summed E-state index contributed by atoms with van der Waals surface area (Å²) in [6.45, 7) is 2.18. The highest BCUT2D eigenvalue weighted by atomic mass is 16.5. The first-order valence-corrected chi connectivity index (χ1v) is 6.18. The Hall–Kier alpha value is -1.66. The first kappa shape index (κ1) is 15.4. The average molecular weight is 267 g/mol. The molecule has 1 heterocycles. The van der Waals surface area contributed by atoms with Gasteiger partial charge in [-0.2, -0.15) is 0 Å². The minimum absolute atomic E-state index is 0.175. The van der Waals surface area contributed by atoms with Crippen molar-refractivity contribution in [3.05, 3.63) is 24.0 Å². The van der Waals surface area contributed by atoms with Crippen LogP contribution >= 0.6 is 0 Å². The van der Waals surface area contributed by atoms with Crippen LogP contribution < -0.4 is 5.73 Å². The predicted molar refractivity (Wildman–Crippen MR) is 72.9 cm³/mol. The molecule has 1 aromatic rings. The third-order valence-corrected chi connectivity index (χ3v) is 2.67. The first-order valence-electron chi connectivity index (χ1n) is 6.18. The zero-order valence-corrected chi connectivity index (χ0v) is 11.5. The fourth-order valence-electron chi connectivity index (χ4n) is 1.66. The van der Waals surface area contributed by atoms with E-state index in [1.165, 1.54) is 0 Å². The van der Waals surface area contributed by atoms with E-state index in [4.69, 9.17) is 15.2 Å². The molecule has 1 amide bonds. The number of methoxy groups -OCH3 is 2. The van der Waals surface area contributed by atoms with Gasteiger partial charge in [0.25, 0.3) is 5.91 Å². The fraction of sp³-hybridized carbons (Fsp3) is 0.538. The van der Waals surface area contributed by atoms with Gasteiger partial charge < -0.3 is 20.1 Å². The van der Waals surface area contributed by atoms with Crippen molar-refractivity contribution in [1.29, 1.82) is 0 Å². The van der Waals surface area contributed by atoms with Gasteiger partial charge >= 0.3 is 0 Å². The fourth-order valence-corrected chi connectivity index (χ4v) is 1.66. The van der Waals surface area contributed by atoms with Crippen molar-refractivity contribution in [1.82, 2.24) is 9.88 Å². The van der Waals surface area contributed by atoms with Crippen LogP contribution in [0.1, 0.15) is 16.9 Å². The third-order valence-electron chi connectivity index (χ3n) is 2.67. The van der Waals surface area contributed by atoms with Gasteiger partial charge in [-0.25, -0.2) is 4.98 Å². The molecule has 0 unspecified atom stereocenters. The van der Waals surface area contributed by atoms with Crippen LogP contribution in [-0.4, -0.2) is 56.3 Å². The van der Waals surface area contributed by atoms with Crippen LogP contribution in [0.4, 0.5) is 5.69 Å². The van der Waals surface area contributed by atoms with Gasteiger partial charge in [-0.3, -0.25) is 4.79 Å². The summed E-state index contributed by atoms with van der Waals surface area (Å²) >= 11 is 0. The van der Waals surface area contributed by atoms with Gasteiger partial charge in [-0.1, -0.05) is 0 Å². The van der Waals surface area contributed by atoms with Crippen molar-refractivity contribution in [3.63, 3.8) is 0 Å². The number of hydrogen-bond acceptors (Lipinski definition) is 5. The molecule has 2 N–H and O–H groups in total. The van der Waals surface area contributed by atoms with Crippen molar-refractivity contribution in [2.24, 2.45) is 0 Å². The molecule has 6 nitrogen and oxygen atoms in total. The molecule has 0 fully saturated rings. The molecule has 0 aliphatic rings. The molecule has 0 radical (unpaired) electrons. The van der Waals surface area contributed by atoms with Crippen LogP contribution in [0.15, 0.2) is 18.3 Å². The van der Waals surface area contributed by atoms with Gasteiger partial charge in [-0.05, 0) is 18.6 Å². The zero-order chi connectivity index (χ0) is 14.1. The number of pyridine rings is 1. The highest BCUT2D eigenvalue weighted by Crippen LogP contribution is 2.10. The molecule has 106 valence electrons. The number of carbonyl (C=O) groups excluding carboxylic acids is 1. The van der Waals surface area contributed by atoms with E-state index in [0.717, 1.165) is 6.42 Å². The van der Waals surface area contributed by atoms with E-state index in [0.29, 0.717) is 32.0 Å². The van der Waals surface area contributed by atoms with Gasteiger partial charge in [0.1, 0.15) is 0 Å². The highest BCUT2D eigenvalue weighted by molar-refractivity contribution is 5.97. The normalized spacial score (nSPS) is 10.4. The number of amides is 1. The Bertz CT molecular complexity index is 398. The van der Waals surface area contributed by atoms with E-state index in [1.54, 1.807) is 37.4 Å². The number of hydrogen-bond donors (Lipinski definition) is 1. The summed E-state index contributed by atoms with van der Waals surface area (Å²) in [6, 6.07) is 3.38. The lowest BCUT2D eigenvalue weighted by atomic mass is 10.2. The molecule has 0 saturated heterocycles. The lowest BCUT2D eigenvalue weighted by molar-refractivity contribution is 0.0669. The zero-order valence-electron chi connectivity index (χ0n) is 11.5. The molecule has 0 aliphatic carbocycles. The predicted octanol–water partition coefficient (Wildman–Crippen LogP) is 0.789. The molecule has 0 bridgehead atoms. The lowest BCUT2D eigenvalue weighted by Gasteiger charge is -2.22. The Morgan fingerprint density at radius 1 is 1.32 bits per heavy atom. The second kappa shape index (κ2) is 8.44. The Morgan fingerprint density at radius 3 is 2.68 bits per heavy atom. The van der Waals surface area contributed by atoms with Crippen molar-refractivity contribution in [3.8, 4) is 0 Å². The van der Waals surface area contributed by atoms with E-state index in [-0.39, 0.29) is 11.6 Å². The van der Waals surface area contributed by atoms with Crippen molar-refractivity contribution in [2.45, 2.75) is 6.42 Å². The number of nitrogens with zero attached hydrogens (tertiary/aromatic N) is 2. The number of aromatic nitrogens is 1. The van der Waals surface area contributed by atoms with E-state index in [2.05, 4.69) is 4.98 Å². The molecule has 0 saturated carbocycles. The van der Waals surface area contributed by atoms with Gasteiger partial charge in [0.05, 0.1) is 12.3 Å². The first-order chi connectivity index (χ1) is 9.20. The molecule has 0 aromatic carbocycles. The van der Waals surface area contributed by atoms with Gasteiger partial charge in [0.15, 0.2) is 5.69 Å². The van der Waals surface area contributed by atoms with Crippen LogP contribution in [0.2, 0.25) is 0 Å². The molecule has 19 heavy (non-hydrogen) atoms. The summed E-state index contributed by atoms with van der Waals surface area (Å²) in [6.07, 6.45) is 2.33. The van der Waals surface area contributed by atoms with Gasteiger partial charge in [-0.15, -0.1) is 0 Å².